The number of aryl methyl sites for hydroxylation is 4. The zero-order valence-corrected chi connectivity index (χ0v) is 16.3. The van der Waals surface area contributed by atoms with E-state index in [2.05, 4.69) is 15.3 Å². The van der Waals surface area contributed by atoms with E-state index in [1.54, 1.807) is 0 Å². The van der Waals surface area contributed by atoms with E-state index in [-0.39, 0.29) is 5.75 Å². The molecule has 0 aliphatic carbocycles. The summed E-state index contributed by atoms with van der Waals surface area (Å²) in [5.41, 5.74) is 3.42. The van der Waals surface area contributed by atoms with Gasteiger partial charge in [-0.15, -0.1) is 0 Å². The van der Waals surface area contributed by atoms with Crippen LogP contribution in [0.2, 0.25) is 0 Å². The van der Waals surface area contributed by atoms with Gasteiger partial charge >= 0.3 is 7.60 Å². The SMILES string of the molecule is Cc1cc(C)nc(NCC(c2cc(C)c(O)c(C)c2)P2(=O)OCCO2)n1. The Hall–Kier alpha value is -1.95. The van der Waals surface area contributed by atoms with Gasteiger partial charge in [0, 0.05) is 17.9 Å². The van der Waals surface area contributed by atoms with Gasteiger partial charge in [-0.05, 0) is 50.5 Å². The third-order valence-corrected chi connectivity index (χ3v) is 6.67. The fraction of sp³-hybridized carbons (Fsp3) is 0.444. The quantitative estimate of drug-likeness (QED) is 0.765. The van der Waals surface area contributed by atoms with Crippen molar-refractivity contribution in [3.05, 3.63) is 46.3 Å². The van der Waals surface area contributed by atoms with Crippen LogP contribution in [0, 0.1) is 27.7 Å². The van der Waals surface area contributed by atoms with Crippen LogP contribution in [0.15, 0.2) is 18.2 Å². The normalized spacial score (nSPS) is 17.2. The number of hydrogen-bond donors (Lipinski definition) is 2. The first kappa shape index (κ1) is 18.8. The molecule has 1 saturated heterocycles. The van der Waals surface area contributed by atoms with Crippen LogP contribution in [0.4, 0.5) is 5.95 Å². The Labute approximate surface area is 153 Å². The van der Waals surface area contributed by atoms with Gasteiger partial charge in [0.25, 0.3) is 0 Å². The molecule has 26 heavy (non-hydrogen) atoms. The molecule has 1 aromatic heterocycles. The second-order valence-corrected chi connectivity index (χ2v) is 8.80. The smallest absolute Gasteiger partial charge is 0.340 e. The molecule has 0 amide bonds. The predicted molar refractivity (Wildman–Crippen MR) is 99.8 cm³/mol. The van der Waals surface area contributed by atoms with Crippen molar-refractivity contribution in [1.29, 1.82) is 0 Å². The summed E-state index contributed by atoms with van der Waals surface area (Å²) < 4.78 is 24.2. The van der Waals surface area contributed by atoms with Crippen molar-refractivity contribution in [3.63, 3.8) is 0 Å². The molecule has 0 saturated carbocycles. The molecule has 3 rings (SSSR count). The molecule has 1 aliphatic heterocycles. The molecule has 8 heteroatoms. The van der Waals surface area contributed by atoms with E-state index in [9.17, 15) is 9.67 Å². The van der Waals surface area contributed by atoms with Crippen molar-refractivity contribution in [2.75, 3.05) is 25.1 Å². The van der Waals surface area contributed by atoms with Crippen LogP contribution >= 0.6 is 7.60 Å². The van der Waals surface area contributed by atoms with Gasteiger partial charge in [-0.2, -0.15) is 0 Å². The maximum atomic E-state index is 13.2. The van der Waals surface area contributed by atoms with Gasteiger partial charge in [0.2, 0.25) is 5.95 Å². The minimum absolute atomic E-state index is 0.240. The highest BCUT2D eigenvalue weighted by Crippen LogP contribution is 2.63. The Morgan fingerprint density at radius 2 is 1.62 bits per heavy atom. The van der Waals surface area contributed by atoms with Gasteiger partial charge in [-0.25, -0.2) is 9.97 Å². The number of phenolic OH excluding ortho intramolecular Hbond substituents is 1. The van der Waals surface area contributed by atoms with Crippen molar-refractivity contribution in [3.8, 4) is 5.75 Å². The number of nitrogens with one attached hydrogen (secondary N) is 1. The van der Waals surface area contributed by atoms with Gasteiger partial charge in [-0.3, -0.25) is 4.57 Å². The van der Waals surface area contributed by atoms with E-state index in [1.807, 2.05) is 45.9 Å². The molecule has 7 nitrogen and oxygen atoms in total. The minimum Gasteiger partial charge on any atom is -0.507 e. The highest BCUT2D eigenvalue weighted by atomic mass is 31.2. The van der Waals surface area contributed by atoms with Crippen LogP contribution < -0.4 is 5.32 Å². The van der Waals surface area contributed by atoms with Crippen LogP contribution in [0.5, 0.6) is 5.75 Å². The zero-order chi connectivity index (χ0) is 18.9. The number of nitrogens with zero attached hydrogens (tertiary/aromatic N) is 2. The standard InChI is InChI=1S/C18H24N3O4P/c1-11-7-15(8-12(2)17(11)22)16(26(23)24-5-6-25-26)10-19-18-20-13(3)9-14(4)21-18/h7-9,16,22H,5-6,10H2,1-4H3,(H,19,20,21). The lowest BCUT2D eigenvalue weighted by Crippen LogP contribution is -2.16. The van der Waals surface area contributed by atoms with E-state index in [4.69, 9.17) is 9.05 Å². The lowest BCUT2D eigenvalue weighted by Gasteiger charge is -2.24. The summed E-state index contributed by atoms with van der Waals surface area (Å²) in [5, 5.41) is 13.2. The summed E-state index contributed by atoms with van der Waals surface area (Å²) in [4.78, 5) is 8.73. The Kier molecular flexibility index (Phi) is 5.32. The van der Waals surface area contributed by atoms with Crippen molar-refractivity contribution in [2.24, 2.45) is 0 Å². The highest BCUT2D eigenvalue weighted by molar-refractivity contribution is 7.54. The van der Waals surface area contributed by atoms with Crippen molar-refractivity contribution >= 4 is 13.5 Å². The van der Waals surface area contributed by atoms with Gasteiger partial charge in [-0.1, -0.05) is 12.1 Å². The maximum absolute atomic E-state index is 13.2. The number of aromatic nitrogens is 2. The average molecular weight is 377 g/mol. The Bertz CT molecular complexity index is 818. The van der Waals surface area contributed by atoms with Crippen LogP contribution in [-0.2, 0) is 13.6 Å². The molecule has 2 N–H and O–H groups in total. The fourth-order valence-corrected chi connectivity index (χ4v) is 5.05. The number of benzene rings is 1. The predicted octanol–water partition coefficient (Wildman–Crippen LogP) is 3.81. The lowest BCUT2D eigenvalue weighted by molar-refractivity contribution is 0.340. The minimum atomic E-state index is -3.32. The number of rotatable bonds is 5. The first-order valence-corrected chi connectivity index (χ1v) is 10.1. The number of phenols is 1. The van der Waals surface area contributed by atoms with Gasteiger partial charge < -0.3 is 19.5 Å². The fourth-order valence-electron chi connectivity index (χ4n) is 3.13. The third kappa shape index (κ3) is 3.90. The Balaban J connectivity index is 1.93. The van der Waals surface area contributed by atoms with Crippen LogP contribution in [0.3, 0.4) is 0 Å². The monoisotopic (exact) mass is 377 g/mol. The summed E-state index contributed by atoms with van der Waals surface area (Å²) in [6, 6.07) is 5.53. The van der Waals surface area contributed by atoms with Gasteiger partial charge in [0.05, 0.1) is 13.2 Å². The van der Waals surface area contributed by atoms with Gasteiger partial charge in [0.15, 0.2) is 0 Å². The molecule has 1 aromatic carbocycles. The third-order valence-electron chi connectivity index (χ3n) is 4.34. The molecular weight excluding hydrogens is 353 g/mol. The summed E-state index contributed by atoms with van der Waals surface area (Å²) in [6.07, 6.45) is 0. The molecule has 1 unspecified atom stereocenters. The first-order valence-electron chi connectivity index (χ1n) is 8.53. The average Bonchev–Trinajstić information content (AvgIpc) is 2.99. The molecule has 1 fully saturated rings. The first-order chi connectivity index (χ1) is 12.3. The number of anilines is 1. The van der Waals surface area contributed by atoms with E-state index >= 15 is 0 Å². The Morgan fingerprint density at radius 1 is 1.08 bits per heavy atom. The van der Waals surface area contributed by atoms with Crippen LogP contribution in [0.25, 0.3) is 0 Å². The molecule has 0 spiro atoms. The van der Waals surface area contributed by atoms with Crippen LogP contribution in [0.1, 0.15) is 33.7 Å². The summed E-state index contributed by atoms with van der Waals surface area (Å²) in [7, 11) is -3.32. The topological polar surface area (TPSA) is 93.6 Å². The molecule has 1 atom stereocenters. The lowest BCUT2D eigenvalue weighted by atomic mass is 10.0. The van der Waals surface area contributed by atoms with Crippen molar-refractivity contribution in [2.45, 2.75) is 33.4 Å². The zero-order valence-electron chi connectivity index (χ0n) is 15.4. The maximum Gasteiger partial charge on any atom is 0.340 e. The van der Waals surface area contributed by atoms with Crippen LogP contribution in [-0.4, -0.2) is 34.8 Å². The molecule has 0 radical (unpaired) electrons. The summed E-state index contributed by atoms with van der Waals surface area (Å²) in [6.45, 7) is 8.34. The number of hydrogen-bond acceptors (Lipinski definition) is 7. The van der Waals surface area contributed by atoms with Gasteiger partial charge in [0.1, 0.15) is 11.4 Å². The summed E-state index contributed by atoms with van der Waals surface area (Å²) >= 11 is 0. The van der Waals surface area contributed by atoms with Crippen molar-refractivity contribution in [1.82, 2.24) is 9.97 Å². The Morgan fingerprint density at radius 3 is 2.15 bits per heavy atom. The molecule has 2 aromatic rings. The number of aromatic hydroxyl groups is 1. The second kappa shape index (κ2) is 7.35. The highest BCUT2D eigenvalue weighted by Gasteiger charge is 2.41. The molecular formula is C18H24N3O4P. The van der Waals surface area contributed by atoms with E-state index < -0.39 is 13.3 Å². The van der Waals surface area contributed by atoms with E-state index in [0.717, 1.165) is 28.1 Å². The largest absolute Gasteiger partial charge is 0.507 e. The molecule has 140 valence electrons. The molecule has 2 heterocycles. The summed E-state index contributed by atoms with van der Waals surface area (Å²) in [5.74, 6) is 0.718. The van der Waals surface area contributed by atoms with Crippen molar-refractivity contribution < 1.29 is 18.7 Å². The molecule has 0 bridgehead atoms. The molecule has 1 aliphatic rings. The van der Waals surface area contributed by atoms with E-state index in [1.165, 1.54) is 0 Å². The second-order valence-electron chi connectivity index (χ2n) is 6.58. The van der Waals surface area contributed by atoms with E-state index in [0.29, 0.717) is 25.7 Å².